The monoisotopic (exact) mass is 490 g/mol. The Morgan fingerprint density at radius 2 is 1.65 bits per heavy atom. The van der Waals surface area contributed by atoms with Crippen LogP contribution in [0.5, 0.6) is 0 Å². The fourth-order valence-corrected chi connectivity index (χ4v) is 5.02. The molecule has 0 spiro atoms. The van der Waals surface area contributed by atoms with Crippen LogP contribution in [0.25, 0.3) is 0 Å². The fourth-order valence-electron chi connectivity index (χ4n) is 3.58. The molecule has 1 aliphatic rings. The number of hydrogen-bond donors (Lipinski definition) is 3. The highest BCUT2D eigenvalue weighted by atomic mass is 32.2. The van der Waals surface area contributed by atoms with Crippen LogP contribution in [-0.4, -0.2) is 45.5 Å². The number of thioether (sulfide) groups is 1. The number of hydrogen-bond acceptors (Lipinski definition) is 4. The van der Waals surface area contributed by atoms with Crippen molar-refractivity contribution in [2.45, 2.75) is 90.5 Å². The maximum atomic E-state index is 12.8. The van der Waals surface area contributed by atoms with Gasteiger partial charge in [0.1, 0.15) is 6.04 Å². The minimum Gasteiger partial charge on any atom is -0.479 e. The number of carbonyl (C=O) groups is 3. The van der Waals surface area contributed by atoms with Gasteiger partial charge in [-0.25, -0.2) is 4.79 Å². The SMILES string of the molecule is C=C[C@H](C)C(NC(C)=O)C(=O)NC1(C(=O)O)C[C@H]1SC/C=C(\C)CC/C=C(\C)CCC=C(C)C. The van der Waals surface area contributed by atoms with Gasteiger partial charge in [0.2, 0.25) is 11.8 Å². The van der Waals surface area contributed by atoms with E-state index in [9.17, 15) is 19.5 Å². The summed E-state index contributed by atoms with van der Waals surface area (Å²) in [5, 5.41) is 14.9. The molecule has 0 bridgehead atoms. The Balaban J connectivity index is 2.57. The second-order valence-electron chi connectivity index (χ2n) is 9.52. The molecule has 0 aromatic carbocycles. The number of aliphatic carboxylic acids is 1. The molecule has 7 heteroatoms. The lowest BCUT2D eigenvalue weighted by Gasteiger charge is -2.24. The van der Waals surface area contributed by atoms with E-state index < -0.39 is 23.5 Å². The van der Waals surface area contributed by atoms with Crippen LogP contribution in [0.1, 0.15) is 73.6 Å². The van der Waals surface area contributed by atoms with E-state index in [1.54, 1.807) is 13.0 Å². The number of amides is 2. The highest BCUT2D eigenvalue weighted by Crippen LogP contribution is 2.46. The molecule has 4 atom stereocenters. The molecule has 1 aliphatic carbocycles. The molecule has 1 saturated carbocycles. The summed E-state index contributed by atoms with van der Waals surface area (Å²) >= 11 is 1.54. The molecular weight excluding hydrogens is 448 g/mol. The number of rotatable bonds is 15. The maximum absolute atomic E-state index is 12.8. The normalized spacial score (nSPS) is 21.8. The first-order chi connectivity index (χ1) is 15.9. The zero-order chi connectivity index (χ0) is 25.9. The summed E-state index contributed by atoms with van der Waals surface area (Å²) in [7, 11) is 0. The van der Waals surface area contributed by atoms with E-state index in [1.807, 2.05) is 0 Å². The molecule has 0 aromatic heterocycles. The van der Waals surface area contributed by atoms with Crippen molar-refractivity contribution in [3.05, 3.63) is 47.6 Å². The zero-order valence-electron chi connectivity index (χ0n) is 21.6. The molecule has 6 nitrogen and oxygen atoms in total. The van der Waals surface area contributed by atoms with Gasteiger partial charge in [-0.05, 0) is 59.8 Å². The minimum absolute atomic E-state index is 0.202. The summed E-state index contributed by atoms with van der Waals surface area (Å²) in [6.45, 7) is 15.3. The number of nitrogens with one attached hydrogen (secondary N) is 2. The van der Waals surface area contributed by atoms with E-state index in [1.165, 1.54) is 35.4 Å². The molecule has 2 amide bonds. The molecule has 0 saturated heterocycles. The summed E-state index contributed by atoms with van der Waals surface area (Å²) < 4.78 is 0. The first kappa shape index (κ1) is 29.8. The Hall–Kier alpha value is -2.28. The quantitative estimate of drug-likeness (QED) is 0.275. The molecule has 3 N–H and O–H groups in total. The van der Waals surface area contributed by atoms with Crippen molar-refractivity contribution in [3.63, 3.8) is 0 Å². The van der Waals surface area contributed by atoms with Crippen molar-refractivity contribution in [1.29, 1.82) is 0 Å². The smallest absolute Gasteiger partial charge is 0.330 e. The Bertz CT molecular complexity index is 842. The van der Waals surface area contributed by atoms with E-state index in [-0.39, 0.29) is 17.1 Å². The second kappa shape index (κ2) is 14.2. The Morgan fingerprint density at radius 1 is 1.06 bits per heavy atom. The molecule has 190 valence electrons. The van der Waals surface area contributed by atoms with Crippen LogP contribution in [0.15, 0.2) is 47.6 Å². The predicted molar refractivity (Wildman–Crippen MR) is 142 cm³/mol. The van der Waals surface area contributed by atoms with Gasteiger partial charge in [0, 0.05) is 23.8 Å². The molecule has 34 heavy (non-hydrogen) atoms. The summed E-state index contributed by atoms with van der Waals surface area (Å²) in [4.78, 5) is 36.2. The van der Waals surface area contributed by atoms with Gasteiger partial charge in [-0.15, -0.1) is 6.58 Å². The fraction of sp³-hybridized carbons (Fsp3) is 0.593. The van der Waals surface area contributed by atoms with Crippen LogP contribution in [-0.2, 0) is 14.4 Å². The van der Waals surface area contributed by atoms with Crippen LogP contribution in [0.4, 0.5) is 0 Å². The molecule has 0 aliphatic heterocycles. The first-order valence-corrected chi connectivity index (χ1v) is 13.0. The van der Waals surface area contributed by atoms with Gasteiger partial charge in [-0.3, -0.25) is 9.59 Å². The molecule has 0 aromatic rings. The van der Waals surface area contributed by atoms with Crippen molar-refractivity contribution >= 4 is 29.5 Å². The number of carboxylic acids is 1. The largest absolute Gasteiger partial charge is 0.479 e. The second-order valence-corrected chi connectivity index (χ2v) is 10.8. The van der Waals surface area contributed by atoms with Crippen molar-refractivity contribution in [3.8, 4) is 0 Å². The molecular formula is C27H42N2O4S. The molecule has 0 heterocycles. The van der Waals surface area contributed by atoms with E-state index in [0.29, 0.717) is 12.2 Å². The van der Waals surface area contributed by atoms with Gasteiger partial charge >= 0.3 is 5.97 Å². The third-order valence-electron chi connectivity index (χ3n) is 6.02. The third kappa shape index (κ3) is 9.92. The highest BCUT2D eigenvalue weighted by Gasteiger charge is 2.62. The van der Waals surface area contributed by atoms with Gasteiger partial charge in [0.15, 0.2) is 5.54 Å². The lowest BCUT2D eigenvalue weighted by Crippen LogP contribution is -2.55. The van der Waals surface area contributed by atoms with E-state index in [4.69, 9.17) is 0 Å². The Labute approximate surface area is 209 Å². The topological polar surface area (TPSA) is 95.5 Å². The van der Waals surface area contributed by atoms with Gasteiger partial charge in [0.05, 0.1) is 0 Å². The van der Waals surface area contributed by atoms with E-state index >= 15 is 0 Å². The molecule has 1 fully saturated rings. The summed E-state index contributed by atoms with van der Waals surface area (Å²) in [5.41, 5.74) is 2.75. The van der Waals surface area contributed by atoms with Gasteiger partial charge in [0.25, 0.3) is 0 Å². The van der Waals surface area contributed by atoms with Gasteiger partial charge < -0.3 is 15.7 Å². The molecule has 1 rings (SSSR count). The van der Waals surface area contributed by atoms with Gasteiger partial charge in [-0.2, -0.15) is 11.8 Å². The molecule has 0 radical (unpaired) electrons. The van der Waals surface area contributed by atoms with Crippen molar-refractivity contribution in [2.24, 2.45) is 5.92 Å². The van der Waals surface area contributed by atoms with Crippen molar-refractivity contribution in [1.82, 2.24) is 10.6 Å². The lowest BCUT2D eigenvalue weighted by atomic mass is 10.0. The number of allylic oxidation sites excluding steroid dienone is 5. The third-order valence-corrected chi connectivity index (χ3v) is 7.35. The predicted octanol–water partition coefficient (Wildman–Crippen LogP) is 5.18. The average molecular weight is 491 g/mol. The highest BCUT2D eigenvalue weighted by molar-refractivity contribution is 8.00. The standard InChI is InChI=1S/C27H42N2O4S/c1-8-21(6)24(28-22(7)30)25(31)29-27(26(32)33)17-23(27)34-16-15-20(5)14-10-13-19(4)12-9-11-18(2)3/h8,11,13,15,21,23-24H,1,9-10,12,14,16-17H2,2-7H3,(H,28,30)(H,29,31)(H,32,33)/b19-13+,20-15+/t21-,23+,24?,27?/m0/s1. The first-order valence-electron chi connectivity index (χ1n) is 11.9. The van der Waals surface area contributed by atoms with Crippen LogP contribution < -0.4 is 10.6 Å². The zero-order valence-corrected chi connectivity index (χ0v) is 22.4. The number of carbonyl (C=O) groups excluding carboxylic acids is 2. The Morgan fingerprint density at radius 3 is 2.18 bits per heavy atom. The van der Waals surface area contributed by atoms with E-state index in [2.05, 4.69) is 63.1 Å². The van der Waals surface area contributed by atoms with Crippen LogP contribution in [0.3, 0.4) is 0 Å². The minimum atomic E-state index is -1.29. The average Bonchev–Trinajstić information content (AvgIpc) is 3.44. The van der Waals surface area contributed by atoms with Crippen LogP contribution in [0.2, 0.25) is 0 Å². The number of carboxylic acid groups (broad SMARTS) is 1. The van der Waals surface area contributed by atoms with Crippen molar-refractivity contribution in [2.75, 3.05) is 5.75 Å². The lowest BCUT2D eigenvalue weighted by molar-refractivity contribution is -0.143. The summed E-state index contributed by atoms with van der Waals surface area (Å²) in [6, 6.07) is -0.849. The maximum Gasteiger partial charge on any atom is 0.330 e. The van der Waals surface area contributed by atoms with Crippen LogP contribution in [0, 0.1) is 5.92 Å². The summed E-state index contributed by atoms with van der Waals surface area (Å²) in [6.07, 6.45) is 12.8. The van der Waals surface area contributed by atoms with Crippen LogP contribution >= 0.6 is 11.8 Å². The summed E-state index contributed by atoms with van der Waals surface area (Å²) in [5.74, 6) is -1.51. The molecule has 2 unspecified atom stereocenters. The Kier molecular flexibility index (Phi) is 12.4. The van der Waals surface area contributed by atoms with E-state index in [0.717, 1.165) is 25.7 Å². The van der Waals surface area contributed by atoms with Gasteiger partial charge in [-0.1, -0.05) is 47.9 Å². The van der Waals surface area contributed by atoms with Crippen molar-refractivity contribution < 1.29 is 19.5 Å².